The number of ether oxygens (including phenoxy) is 1. The second-order valence-corrected chi connectivity index (χ2v) is 12.0. The van der Waals surface area contributed by atoms with Crippen molar-refractivity contribution in [1.82, 2.24) is 15.3 Å². The van der Waals surface area contributed by atoms with E-state index in [4.69, 9.17) is 0 Å². The van der Waals surface area contributed by atoms with E-state index in [9.17, 15) is 22.8 Å². The van der Waals surface area contributed by atoms with Crippen LogP contribution in [0.4, 0.5) is 18.9 Å². The van der Waals surface area contributed by atoms with Crippen LogP contribution >= 0.6 is 0 Å². The van der Waals surface area contributed by atoms with Gasteiger partial charge in [0, 0.05) is 22.4 Å². The number of halogens is 3. The number of hydrogen-bond acceptors (Lipinski definition) is 4. The topological polar surface area (TPSA) is 96.1 Å². The van der Waals surface area contributed by atoms with Crippen molar-refractivity contribution in [2.45, 2.75) is 50.4 Å². The molecule has 4 saturated carbocycles. The Morgan fingerprint density at radius 2 is 1.55 bits per heavy atom. The summed E-state index contributed by atoms with van der Waals surface area (Å²) in [5, 5.41) is 6.02. The molecule has 0 unspecified atom stereocenters. The molecule has 4 aliphatic rings. The Labute approximate surface area is 239 Å². The van der Waals surface area contributed by atoms with Gasteiger partial charge in [-0.1, -0.05) is 12.1 Å². The molecule has 2 amide bonds. The lowest BCUT2D eigenvalue weighted by Crippen LogP contribution is -2.59. The predicted molar refractivity (Wildman–Crippen MR) is 151 cm³/mol. The zero-order valence-corrected chi connectivity index (χ0v) is 22.6. The van der Waals surface area contributed by atoms with Crippen molar-refractivity contribution in [2.24, 2.45) is 17.8 Å². The standard InChI is InChI=1S/C32H29F3N4O3/c33-32(34,35)42-27-4-2-1-3-24(27)30(41)36-23-8-5-21(6-9-23)28-37-25-10-7-22(14-26(25)38-28)29(40)39-31-15-18-11-19(16-31)13-20(12-18)17-31/h1-10,14,18-20H,11-13,15-17H2,(H,36,41)(H,37,38)(H,39,40). The molecule has 3 aromatic carbocycles. The van der Waals surface area contributed by atoms with Gasteiger partial charge in [0.05, 0.1) is 16.6 Å². The number of hydrogen-bond donors (Lipinski definition) is 3. The maximum atomic E-state index is 13.3. The number of amides is 2. The number of carbonyl (C=O) groups is 2. The molecule has 10 heteroatoms. The van der Waals surface area contributed by atoms with Gasteiger partial charge in [-0.2, -0.15) is 0 Å². The van der Waals surface area contributed by atoms with Crippen molar-refractivity contribution in [3.05, 3.63) is 77.9 Å². The molecule has 3 N–H and O–H groups in total. The summed E-state index contributed by atoms with van der Waals surface area (Å²) in [4.78, 5) is 33.9. The van der Waals surface area contributed by atoms with Gasteiger partial charge < -0.3 is 20.4 Å². The molecule has 0 atom stereocenters. The molecule has 1 aromatic heterocycles. The lowest BCUT2D eigenvalue weighted by molar-refractivity contribution is -0.274. The first-order valence-corrected chi connectivity index (χ1v) is 14.2. The van der Waals surface area contributed by atoms with Crippen LogP contribution < -0.4 is 15.4 Å². The predicted octanol–water partition coefficient (Wildman–Crippen LogP) is 7.08. The van der Waals surface area contributed by atoms with Gasteiger partial charge in [-0.15, -0.1) is 13.2 Å². The minimum absolute atomic E-state index is 0.0442. The second-order valence-electron chi connectivity index (χ2n) is 12.0. The number of nitrogens with one attached hydrogen (secondary N) is 3. The molecule has 4 bridgehead atoms. The highest BCUT2D eigenvalue weighted by Gasteiger charge is 2.51. The number of alkyl halides is 3. The van der Waals surface area contributed by atoms with Gasteiger partial charge in [0.25, 0.3) is 11.8 Å². The van der Waals surface area contributed by atoms with Gasteiger partial charge in [-0.05, 0) is 111 Å². The lowest BCUT2D eigenvalue weighted by Gasteiger charge is -2.56. The molecular weight excluding hydrogens is 545 g/mol. The number of fused-ring (bicyclic) bond motifs is 1. The summed E-state index contributed by atoms with van der Waals surface area (Å²) in [5.41, 5.74) is 2.89. The first-order chi connectivity index (χ1) is 20.1. The Balaban J connectivity index is 1.05. The fourth-order valence-electron chi connectivity index (χ4n) is 7.64. The van der Waals surface area contributed by atoms with Crippen LogP contribution in [0.15, 0.2) is 66.7 Å². The summed E-state index contributed by atoms with van der Waals surface area (Å²) >= 11 is 0. The summed E-state index contributed by atoms with van der Waals surface area (Å²) in [7, 11) is 0. The van der Waals surface area contributed by atoms with Crippen LogP contribution in [0.1, 0.15) is 59.2 Å². The van der Waals surface area contributed by atoms with E-state index in [0.29, 0.717) is 17.1 Å². The Morgan fingerprint density at radius 1 is 0.881 bits per heavy atom. The number of benzene rings is 3. The van der Waals surface area contributed by atoms with Gasteiger partial charge in [0.2, 0.25) is 0 Å². The smallest absolute Gasteiger partial charge is 0.405 e. The molecule has 1 heterocycles. The third-order valence-electron chi connectivity index (χ3n) is 8.93. The van der Waals surface area contributed by atoms with Gasteiger partial charge in [-0.25, -0.2) is 4.98 Å². The second kappa shape index (κ2) is 9.89. The van der Waals surface area contributed by atoms with Crippen LogP contribution in [-0.4, -0.2) is 33.7 Å². The average molecular weight is 575 g/mol. The van der Waals surface area contributed by atoms with E-state index in [1.165, 1.54) is 37.5 Å². The van der Waals surface area contributed by atoms with E-state index in [-0.39, 0.29) is 17.0 Å². The fourth-order valence-corrected chi connectivity index (χ4v) is 7.64. The molecule has 4 aliphatic carbocycles. The van der Waals surface area contributed by atoms with E-state index in [1.807, 2.05) is 18.2 Å². The third-order valence-corrected chi connectivity index (χ3v) is 8.93. The molecule has 4 fully saturated rings. The summed E-state index contributed by atoms with van der Waals surface area (Å²) in [6.45, 7) is 0. The molecule has 8 rings (SSSR count). The molecular formula is C32H29F3N4O3. The number of imidazole rings is 1. The summed E-state index contributed by atoms with van der Waals surface area (Å²) in [5.74, 6) is 1.47. The quantitative estimate of drug-likeness (QED) is 0.229. The van der Waals surface area contributed by atoms with Crippen molar-refractivity contribution in [3.8, 4) is 17.1 Å². The van der Waals surface area contributed by atoms with Crippen LogP contribution in [0.3, 0.4) is 0 Å². The number of carbonyl (C=O) groups excluding carboxylic acids is 2. The number of aromatic nitrogens is 2. The van der Waals surface area contributed by atoms with Crippen LogP contribution in [0.2, 0.25) is 0 Å². The van der Waals surface area contributed by atoms with Crippen LogP contribution in [-0.2, 0) is 0 Å². The minimum Gasteiger partial charge on any atom is -0.405 e. The highest BCUT2D eigenvalue weighted by molar-refractivity contribution is 6.06. The van der Waals surface area contributed by atoms with E-state index in [2.05, 4.69) is 25.3 Å². The van der Waals surface area contributed by atoms with Crippen LogP contribution in [0.5, 0.6) is 5.75 Å². The van der Waals surface area contributed by atoms with Crippen molar-refractivity contribution in [2.75, 3.05) is 5.32 Å². The molecule has 7 nitrogen and oxygen atoms in total. The van der Waals surface area contributed by atoms with Gasteiger partial charge >= 0.3 is 6.36 Å². The third kappa shape index (κ3) is 5.21. The van der Waals surface area contributed by atoms with E-state index >= 15 is 0 Å². The minimum atomic E-state index is -4.91. The largest absolute Gasteiger partial charge is 0.573 e. The van der Waals surface area contributed by atoms with Crippen molar-refractivity contribution < 1.29 is 27.5 Å². The zero-order valence-electron chi connectivity index (χ0n) is 22.6. The zero-order chi connectivity index (χ0) is 29.1. The molecule has 42 heavy (non-hydrogen) atoms. The number of para-hydroxylation sites is 1. The van der Waals surface area contributed by atoms with E-state index in [1.54, 1.807) is 24.3 Å². The first kappa shape index (κ1) is 26.6. The van der Waals surface area contributed by atoms with Crippen molar-refractivity contribution in [1.29, 1.82) is 0 Å². The van der Waals surface area contributed by atoms with Gasteiger partial charge in [0.15, 0.2) is 0 Å². The maximum Gasteiger partial charge on any atom is 0.573 e. The SMILES string of the molecule is O=C(NC12CC3CC(CC(C3)C1)C2)c1ccc2nc(-c3ccc(NC(=O)c4ccccc4OC(F)(F)F)cc3)[nH]c2c1. The maximum absolute atomic E-state index is 13.3. The molecule has 4 aromatic rings. The lowest BCUT2D eigenvalue weighted by atomic mass is 9.53. The first-order valence-electron chi connectivity index (χ1n) is 14.2. The highest BCUT2D eigenvalue weighted by atomic mass is 19.4. The van der Waals surface area contributed by atoms with Crippen molar-refractivity contribution in [3.63, 3.8) is 0 Å². The van der Waals surface area contributed by atoms with Gasteiger partial charge in [0.1, 0.15) is 11.6 Å². The number of H-pyrrole nitrogens is 1. The van der Waals surface area contributed by atoms with Crippen molar-refractivity contribution >= 4 is 28.5 Å². The van der Waals surface area contributed by atoms with Crippen LogP contribution in [0, 0.1) is 17.8 Å². The highest BCUT2D eigenvalue weighted by Crippen LogP contribution is 2.55. The summed E-state index contributed by atoms with van der Waals surface area (Å²) in [6, 6.07) is 17.4. The molecule has 0 saturated heterocycles. The van der Waals surface area contributed by atoms with Gasteiger partial charge in [-0.3, -0.25) is 9.59 Å². The Morgan fingerprint density at radius 3 is 2.21 bits per heavy atom. The summed E-state index contributed by atoms with van der Waals surface area (Å²) in [6.07, 6.45) is 2.30. The number of nitrogens with zero attached hydrogens (tertiary/aromatic N) is 1. The Kier molecular flexibility index (Phi) is 6.25. The summed E-state index contributed by atoms with van der Waals surface area (Å²) < 4.78 is 42.2. The number of anilines is 1. The monoisotopic (exact) mass is 574 g/mol. The average Bonchev–Trinajstić information content (AvgIpc) is 3.35. The molecule has 216 valence electrons. The molecule has 0 radical (unpaired) electrons. The normalized spacial score (nSPS) is 24.5. The van der Waals surface area contributed by atoms with E-state index in [0.717, 1.165) is 59.7 Å². The van der Waals surface area contributed by atoms with E-state index < -0.39 is 18.0 Å². The number of aromatic amines is 1. The fraction of sp³-hybridized carbons (Fsp3) is 0.344. The molecule has 0 aliphatic heterocycles. The Hall–Kier alpha value is -4.34. The number of rotatable bonds is 6. The van der Waals surface area contributed by atoms with Crippen LogP contribution in [0.25, 0.3) is 22.4 Å². The molecule has 0 spiro atoms. The Bertz CT molecular complexity index is 1640.